The first-order valence-electron chi connectivity index (χ1n) is 4.56. The maximum absolute atomic E-state index is 2.38. The summed E-state index contributed by atoms with van der Waals surface area (Å²) in [5, 5.41) is 2.38. The Hall–Kier alpha value is 0.0900. The van der Waals surface area contributed by atoms with Gasteiger partial charge < -0.3 is 0 Å². The second-order valence-corrected chi connectivity index (χ2v) is 4.55. The third-order valence-corrected chi connectivity index (χ3v) is 3.37. The molecule has 1 rings (SSSR count). The van der Waals surface area contributed by atoms with Gasteiger partial charge >= 0.3 is 0 Å². The lowest BCUT2D eigenvalue weighted by Crippen LogP contribution is -2.09. The van der Waals surface area contributed by atoms with Crippen LogP contribution in [0.25, 0.3) is 0 Å². The first-order valence-corrected chi connectivity index (χ1v) is 5.61. The molecule has 0 spiro atoms. The van der Waals surface area contributed by atoms with Gasteiger partial charge in [-0.3, -0.25) is 0 Å². The molecular weight excluding hydrogens is 152 g/mol. The second-order valence-electron chi connectivity index (χ2n) is 3.57. The molecule has 0 N–H and O–H groups in total. The molecule has 64 valence electrons. The van der Waals surface area contributed by atoms with Crippen LogP contribution in [0.1, 0.15) is 33.6 Å². The topological polar surface area (TPSA) is 0 Å². The third-order valence-electron chi connectivity index (χ3n) is 2.46. The van der Waals surface area contributed by atoms with Crippen LogP contribution in [0.3, 0.4) is 0 Å². The fourth-order valence-corrected chi connectivity index (χ4v) is 2.81. The molecule has 0 amide bonds. The van der Waals surface area contributed by atoms with Crippen LogP contribution in [-0.2, 0) is 0 Å². The molecule has 1 aliphatic heterocycles. The highest BCUT2D eigenvalue weighted by molar-refractivity contribution is 8.02. The van der Waals surface area contributed by atoms with Gasteiger partial charge in [0.2, 0.25) is 0 Å². The highest BCUT2D eigenvalue weighted by atomic mass is 32.2. The van der Waals surface area contributed by atoms with Crippen LogP contribution < -0.4 is 0 Å². The molecule has 0 saturated carbocycles. The minimum Gasteiger partial charge on any atom is -0.134 e. The molecule has 0 aliphatic carbocycles. The molecular formula is C10H18S. The van der Waals surface area contributed by atoms with Crippen molar-refractivity contribution >= 4 is 11.8 Å². The van der Waals surface area contributed by atoms with E-state index < -0.39 is 0 Å². The van der Waals surface area contributed by atoms with E-state index in [1.807, 2.05) is 11.8 Å². The van der Waals surface area contributed by atoms with E-state index in [0.29, 0.717) is 0 Å². The van der Waals surface area contributed by atoms with Crippen molar-refractivity contribution in [1.29, 1.82) is 0 Å². The summed E-state index contributed by atoms with van der Waals surface area (Å²) in [6, 6.07) is 0. The van der Waals surface area contributed by atoms with E-state index in [9.17, 15) is 0 Å². The quantitative estimate of drug-likeness (QED) is 0.622. The predicted octanol–water partition coefficient (Wildman–Crippen LogP) is 3.69. The lowest BCUT2D eigenvalue weighted by Gasteiger charge is -2.19. The average molecular weight is 170 g/mol. The molecule has 0 bridgehead atoms. The number of rotatable bonds is 3. The smallest absolute Gasteiger partial charge is 0.00117 e. The lowest BCUT2D eigenvalue weighted by molar-refractivity contribution is 0.424. The van der Waals surface area contributed by atoms with Crippen LogP contribution in [0, 0.1) is 11.8 Å². The van der Waals surface area contributed by atoms with Gasteiger partial charge in [0.25, 0.3) is 0 Å². The molecule has 1 atom stereocenters. The van der Waals surface area contributed by atoms with E-state index in [-0.39, 0.29) is 0 Å². The maximum atomic E-state index is 2.38. The molecule has 0 nitrogen and oxygen atoms in total. The summed E-state index contributed by atoms with van der Waals surface area (Å²) >= 11 is 1.98. The highest BCUT2D eigenvalue weighted by Crippen LogP contribution is 2.33. The van der Waals surface area contributed by atoms with Crippen LogP contribution in [0.15, 0.2) is 11.0 Å². The fraction of sp³-hybridized carbons (Fsp3) is 0.800. The molecule has 11 heavy (non-hydrogen) atoms. The Kier molecular flexibility index (Phi) is 3.50. The summed E-state index contributed by atoms with van der Waals surface area (Å²) in [5.74, 6) is 2.99. The molecule has 0 aromatic heterocycles. The summed E-state index contributed by atoms with van der Waals surface area (Å²) in [6.45, 7) is 6.96. The van der Waals surface area contributed by atoms with Gasteiger partial charge in [-0.1, -0.05) is 26.3 Å². The number of hydrogen-bond acceptors (Lipinski definition) is 1. The minimum atomic E-state index is 0.824. The Labute approximate surface area is 74.5 Å². The molecule has 1 unspecified atom stereocenters. The largest absolute Gasteiger partial charge is 0.134 e. The van der Waals surface area contributed by atoms with Crippen molar-refractivity contribution < 1.29 is 0 Å². The molecule has 0 fully saturated rings. The molecule has 0 radical (unpaired) electrons. The summed E-state index contributed by atoms with van der Waals surface area (Å²) in [6.07, 6.45) is 2.64. The Bertz CT molecular complexity index is 147. The SMILES string of the molecule is CCC(C1=CSCC1)C(C)C. The van der Waals surface area contributed by atoms with E-state index in [1.54, 1.807) is 5.57 Å². The van der Waals surface area contributed by atoms with E-state index in [4.69, 9.17) is 0 Å². The van der Waals surface area contributed by atoms with Crippen LogP contribution in [0.4, 0.5) is 0 Å². The minimum absolute atomic E-state index is 0.824. The molecule has 1 heteroatoms. The van der Waals surface area contributed by atoms with Gasteiger partial charge in [-0.2, -0.15) is 0 Å². The van der Waals surface area contributed by atoms with Crippen molar-refractivity contribution in [2.24, 2.45) is 11.8 Å². The zero-order chi connectivity index (χ0) is 8.27. The van der Waals surface area contributed by atoms with E-state index in [1.165, 1.54) is 18.6 Å². The summed E-state index contributed by atoms with van der Waals surface area (Å²) in [7, 11) is 0. The Balaban J connectivity index is 2.53. The van der Waals surface area contributed by atoms with Gasteiger partial charge in [-0.15, -0.1) is 11.8 Å². The number of allylic oxidation sites excluding steroid dienone is 1. The third kappa shape index (κ3) is 2.26. The lowest BCUT2D eigenvalue weighted by atomic mass is 9.86. The summed E-state index contributed by atoms with van der Waals surface area (Å²) < 4.78 is 0. The molecule has 1 aliphatic rings. The first kappa shape index (κ1) is 9.18. The summed E-state index contributed by atoms with van der Waals surface area (Å²) in [5.41, 5.74) is 1.70. The van der Waals surface area contributed by atoms with Gasteiger partial charge in [-0.25, -0.2) is 0 Å². The number of thioether (sulfide) groups is 1. The Morgan fingerprint density at radius 3 is 2.64 bits per heavy atom. The predicted molar refractivity (Wildman–Crippen MR) is 53.8 cm³/mol. The average Bonchev–Trinajstić information content (AvgIpc) is 2.40. The van der Waals surface area contributed by atoms with Crippen molar-refractivity contribution in [3.05, 3.63) is 11.0 Å². The zero-order valence-corrected chi connectivity index (χ0v) is 8.58. The first-order chi connectivity index (χ1) is 5.25. The molecule has 1 heterocycles. The molecule has 0 aromatic rings. The maximum Gasteiger partial charge on any atom is 0.00117 e. The zero-order valence-electron chi connectivity index (χ0n) is 7.76. The molecule has 0 aromatic carbocycles. The normalized spacial score (nSPS) is 20.5. The van der Waals surface area contributed by atoms with Gasteiger partial charge in [-0.05, 0) is 30.1 Å². The van der Waals surface area contributed by atoms with Gasteiger partial charge in [0, 0.05) is 5.75 Å². The van der Waals surface area contributed by atoms with Gasteiger partial charge in [0.1, 0.15) is 0 Å². The van der Waals surface area contributed by atoms with Gasteiger partial charge in [0.15, 0.2) is 0 Å². The summed E-state index contributed by atoms with van der Waals surface area (Å²) in [4.78, 5) is 0. The van der Waals surface area contributed by atoms with Crippen molar-refractivity contribution in [1.82, 2.24) is 0 Å². The Morgan fingerprint density at radius 2 is 2.27 bits per heavy atom. The highest BCUT2D eigenvalue weighted by Gasteiger charge is 2.18. The second kappa shape index (κ2) is 4.20. The van der Waals surface area contributed by atoms with Crippen molar-refractivity contribution in [2.45, 2.75) is 33.6 Å². The molecule has 0 saturated heterocycles. The van der Waals surface area contributed by atoms with Crippen molar-refractivity contribution in [2.75, 3.05) is 5.75 Å². The van der Waals surface area contributed by atoms with Crippen LogP contribution in [0.5, 0.6) is 0 Å². The van der Waals surface area contributed by atoms with Crippen molar-refractivity contribution in [3.8, 4) is 0 Å². The van der Waals surface area contributed by atoms with E-state index in [0.717, 1.165) is 11.8 Å². The van der Waals surface area contributed by atoms with Crippen LogP contribution >= 0.6 is 11.8 Å². The van der Waals surface area contributed by atoms with E-state index >= 15 is 0 Å². The van der Waals surface area contributed by atoms with Crippen LogP contribution in [0.2, 0.25) is 0 Å². The Morgan fingerprint density at radius 1 is 1.55 bits per heavy atom. The van der Waals surface area contributed by atoms with Crippen molar-refractivity contribution in [3.63, 3.8) is 0 Å². The number of hydrogen-bond donors (Lipinski definition) is 0. The van der Waals surface area contributed by atoms with Gasteiger partial charge in [0.05, 0.1) is 0 Å². The monoisotopic (exact) mass is 170 g/mol. The van der Waals surface area contributed by atoms with E-state index in [2.05, 4.69) is 26.2 Å². The standard InChI is InChI=1S/C10H18S/c1-4-10(8(2)3)9-5-6-11-7-9/h7-8,10H,4-6H2,1-3H3. The van der Waals surface area contributed by atoms with Crippen LogP contribution in [-0.4, -0.2) is 5.75 Å². The fourth-order valence-electron chi connectivity index (χ4n) is 1.84.